The Kier molecular flexibility index (Phi) is 7.14. The third kappa shape index (κ3) is 4.90. The third-order valence-electron chi connectivity index (χ3n) is 5.86. The highest BCUT2D eigenvalue weighted by Gasteiger charge is 2.26. The van der Waals surface area contributed by atoms with Crippen LogP contribution in [0.15, 0.2) is 29.3 Å². The summed E-state index contributed by atoms with van der Waals surface area (Å²) in [6.07, 6.45) is 2.50. The van der Waals surface area contributed by atoms with Crippen LogP contribution in [0.1, 0.15) is 41.4 Å². The first kappa shape index (κ1) is 21.2. The van der Waals surface area contributed by atoms with Gasteiger partial charge < -0.3 is 15.4 Å². The predicted molar refractivity (Wildman–Crippen MR) is 117 cm³/mol. The molecule has 29 heavy (non-hydrogen) atoms. The Hall–Kier alpha value is -2.54. The molecule has 158 valence electrons. The zero-order valence-electron chi connectivity index (χ0n) is 18.3. The van der Waals surface area contributed by atoms with Crippen LogP contribution in [-0.2, 0) is 13.6 Å². The largest absolute Gasteiger partial charge is 0.496 e. The van der Waals surface area contributed by atoms with Crippen LogP contribution in [0.4, 0.5) is 0 Å². The van der Waals surface area contributed by atoms with E-state index < -0.39 is 0 Å². The quantitative estimate of drug-likeness (QED) is 0.554. The van der Waals surface area contributed by atoms with Gasteiger partial charge in [-0.2, -0.15) is 5.10 Å². The first-order valence-corrected chi connectivity index (χ1v) is 10.4. The lowest BCUT2D eigenvalue weighted by atomic mass is 10.0. The number of aromatic nitrogens is 2. The summed E-state index contributed by atoms with van der Waals surface area (Å²) in [6.45, 7) is 7.85. The summed E-state index contributed by atoms with van der Waals surface area (Å²) in [5, 5.41) is 11.5. The second-order valence-corrected chi connectivity index (χ2v) is 7.58. The van der Waals surface area contributed by atoms with Gasteiger partial charge >= 0.3 is 0 Å². The van der Waals surface area contributed by atoms with Gasteiger partial charge in [-0.3, -0.25) is 14.6 Å². The van der Waals surface area contributed by atoms with Crippen LogP contribution in [0.2, 0.25) is 0 Å². The summed E-state index contributed by atoms with van der Waals surface area (Å²) in [5.41, 5.74) is 4.67. The van der Waals surface area contributed by atoms with E-state index in [-0.39, 0.29) is 6.04 Å². The zero-order valence-corrected chi connectivity index (χ0v) is 18.3. The third-order valence-corrected chi connectivity index (χ3v) is 5.86. The van der Waals surface area contributed by atoms with Crippen LogP contribution in [0, 0.1) is 13.8 Å². The number of hydrogen-bond acceptors (Lipinski definition) is 4. The Labute approximate surface area is 174 Å². The van der Waals surface area contributed by atoms with Gasteiger partial charge in [-0.1, -0.05) is 18.2 Å². The van der Waals surface area contributed by atoms with Crippen molar-refractivity contribution in [3.05, 3.63) is 46.8 Å². The van der Waals surface area contributed by atoms with Gasteiger partial charge in [-0.25, -0.2) is 0 Å². The molecule has 2 N–H and O–H groups in total. The summed E-state index contributed by atoms with van der Waals surface area (Å²) >= 11 is 0. The average Bonchev–Trinajstić information content (AvgIpc) is 3.34. The molecule has 1 aliphatic rings. The van der Waals surface area contributed by atoms with Crippen molar-refractivity contribution in [3.8, 4) is 5.75 Å². The van der Waals surface area contributed by atoms with Crippen molar-refractivity contribution in [2.45, 2.75) is 39.3 Å². The number of likely N-dealkylation sites (tertiary alicyclic amines) is 1. The number of methoxy groups -OCH3 is 1. The van der Waals surface area contributed by atoms with E-state index in [0.717, 1.165) is 37.0 Å². The lowest BCUT2D eigenvalue weighted by Gasteiger charge is -2.30. The molecule has 1 atom stereocenters. The number of rotatable bonds is 7. The molecular formula is C22H34N6O. The molecular weight excluding hydrogens is 364 g/mol. The Morgan fingerprint density at radius 1 is 1.21 bits per heavy atom. The highest BCUT2D eigenvalue weighted by atomic mass is 16.5. The van der Waals surface area contributed by atoms with Crippen LogP contribution in [-0.4, -0.2) is 54.4 Å². The summed E-state index contributed by atoms with van der Waals surface area (Å²) in [6, 6.07) is 8.56. The second-order valence-electron chi connectivity index (χ2n) is 7.58. The fourth-order valence-electron chi connectivity index (χ4n) is 4.09. The number of nitrogens with zero attached hydrogens (tertiary/aromatic N) is 4. The fourth-order valence-corrected chi connectivity index (χ4v) is 4.09. The van der Waals surface area contributed by atoms with E-state index in [2.05, 4.69) is 44.7 Å². The number of hydrogen-bond donors (Lipinski definition) is 2. The molecule has 1 fully saturated rings. The van der Waals surface area contributed by atoms with Crippen molar-refractivity contribution in [2.75, 3.05) is 33.8 Å². The number of aryl methyl sites for hydroxylation is 2. The minimum absolute atomic E-state index is 0.245. The van der Waals surface area contributed by atoms with Gasteiger partial charge in [0.25, 0.3) is 0 Å². The highest BCUT2D eigenvalue weighted by Crippen LogP contribution is 2.31. The van der Waals surface area contributed by atoms with Gasteiger partial charge in [0.05, 0.1) is 18.8 Å². The molecule has 0 spiro atoms. The zero-order chi connectivity index (χ0) is 20.8. The van der Waals surface area contributed by atoms with Crippen molar-refractivity contribution in [3.63, 3.8) is 0 Å². The topological polar surface area (TPSA) is 66.7 Å². The maximum absolute atomic E-state index is 5.64. The van der Waals surface area contributed by atoms with Crippen LogP contribution >= 0.6 is 0 Å². The standard InChI is InChI=1S/C22H34N6O/c1-16-19(17(2)27(4)26-16)14-24-22(23-3)25-15-20(28-12-8-9-13-28)18-10-6-7-11-21(18)29-5/h6-7,10-11,20H,8-9,12-15H2,1-5H3,(H2,23,24,25). The predicted octanol–water partition coefficient (Wildman–Crippen LogP) is 2.55. The molecule has 1 aromatic heterocycles. The van der Waals surface area contributed by atoms with E-state index in [1.807, 2.05) is 37.8 Å². The molecule has 2 heterocycles. The Morgan fingerprint density at radius 2 is 1.93 bits per heavy atom. The van der Waals surface area contributed by atoms with Crippen LogP contribution in [0.5, 0.6) is 5.75 Å². The van der Waals surface area contributed by atoms with E-state index in [1.165, 1.54) is 29.7 Å². The average molecular weight is 399 g/mol. The summed E-state index contributed by atoms with van der Waals surface area (Å²) in [4.78, 5) is 6.96. The molecule has 0 radical (unpaired) electrons. The smallest absolute Gasteiger partial charge is 0.191 e. The molecule has 1 unspecified atom stereocenters. The van der Waals surface area contributed by atoms with E-state index in [1.54, 1.807) is 7.11 Å². The summed E-state index contributed by atoms with van der Waals surface area (Å²) in [5.74, 6) is 1.74. The van der Waals surface area contributed by atoms with E-state index in [0.29, 0.717) is 6.54 Å². The SMILES string of the molecule is CN=C(NCc1c(C)nn(C)c1C)NCC(c1ccccc1OC)N1CCCC1. The van der Waals surface area contributed by atoms with E-state index in [4.69, 9.17) is 4.74 Å². The first-order chi connectivity index (χ1) is 14.0. The molecule has 1 saturated heterocycles. The van der Waals surface area contributed by atoms with E-state index >= 15 is 0 Å². The van der Waals surface area contributed by atoms with Crippen molar-refractivity contribution < 1.29 is 4.74 Å². The van der Waals surface area contributed by atoms with Gasteiger partial charge in [0, 0.05) is 44.0 Å². The number of nitrogens with one attached hydrogen (secondary N) is 2. The molecule has 3 rings (SSSR count). The number of ether oxygens (including phenoxy) is 1. The highest BCUT2D eigenvalue weighted by molar-refractivity contribution is 5.79. The normalized spacial score (nSPS) is 16.1. The molecule has 0 saturated carbocycles. The Balaban J connectivity index is 1.69. The van der Waals surface area contributed by atoms with Gasteiger partial charge in [0.1, 0.15) is 5.75 Å². The van der Waals surface area contributed by atoms with Crippen LogP contribution in [0.3, 0.4) is 0 Å². The van der Waals surface area contributed by atoms with Gasteiger partial charge in [0.2, 0.25) is 0 Å². The maximum Gasteiger partial charge on any atom is 0.191 e. The number of para-hydroxylation sites is 1. The number of guanidine groups is 1. The lowest BCUT2D eigenvalue weighted by Crippen LogP contribution is -2.42. The van der Waals surface area contributed by atoms with Crippen LogP contribution in [0.25, 0.3) is 0 Å². The lowest BCUT2D eigenvalue weighted by molar-refractivity contribution is 0.239. The van der Waals surface area contributed by atoms with Gasteiger partial charge in [-0.15, -0.1) is 0 Å². The Morgan fingerprint density at radius 3 is 2.55 bits per heavy atom. The maximum atomic E-state index is 5.64. The summed E-state index contributed by atoms with van der Waals surface area (Å²) < 4.78 is 7.57. The molecule has 0 bridgehead atoms. The molecule has 0 amide bonds. The first-order valence-electron chi connectivity index (χ1n) is 10.4. The van der Waals surface area contributed by atoms with Crippen molar-refractivity contribution in [1.29, 1.82) is 0 Å². The summed E-state index contributed by atoms with van der Waals surface area (Å²) in [7, 11) is 5.53. The van der Waals surface area contributed by atoms with Crippen molar-refractivity contribution in [2.24, 2.45) is 12.0 Å². The second kappa shape index (κ2) is 9.78. The van der Waals surface area contributed by atoms with E-state index in [9.17, 15) is 0 Å². The molecule has 7 nitrogen and oxygen atoms in total. The number of benzene rings is 1. The molecule has 1 aliphatic heterocycles. The minimum Gasteiger partial charge on any atom is -0.496 e. The fraction of sp³-hybridized carbons (Fsp3) is 0.545. The molecule has 2 aromatic rings. The number of aliphatic imine (C=N–C) groups is 1. The van der Waals surface area contributed by atoms with Gasteiger partial charge in [-0.05, 0) is 45.8 Å². The van der Waals surface area contributed by atoms with Crippen molar-refractivity contribution >= 4 is 5.96 Å². The van der Waals surface area contributed by atoms with Crippen LogP contribution < -0.4 is 15.4 Å². The molecule has 7 heteroatoms. The van der Waals surface area contributed by atoms with Gasteiger partial charge in [0.15, 0.2) is 5.96 Å². The monoisotopic (exact) mass is 398 g/mol. The molecule has 0 aliphatic carbocycles. The van der Waals surface area contributed by atoms with Crippen molar-refractivity contribution in [1.82, 2.24) is 25.3 Å². The molecule has 1 aromatic carbocycles. The Bertz CT molecular complexity index is 838. The minimum atomic E-state index is 0.245.